The van der Waals surface area contributed by atoms with Crippen molar-refractivity contribution in [2.75, 3.05) is 5.32 Å². The van der Waals surface area contributed by atoms with Crippen LogP contribution in [0.2, 0.25) is 0 Å². The first-order chi connectivity index (χ1) is 13.5. The smallest absolute Gasteiger partial charge is 0.255 e. The van der Waals surface area contributed by atoms with Crippen LogP contribution >= 0.6 is 0 Å². The lowest BCUT2D eigenvalue weighted by Crippen LogP contribution is -2.13. The van der Waals surface area contributed by atoms with Crippen LogP contribution in [0, 0.1) is 18.2 Å². The third kappa shape index (κ3) is 4.22. The quantitative estimate of drug-likeness (QED) is 0.421. The summed E-state index contributed by atoms with van der Waals surface area (Å²) in [5, 5.41) is 2.51. The van der Waals surface area contributed by atoms with Gasteiger partial charge >= 0.3 is 0 Å². The summed E-state index contributed by atoms with van der Waals surface area (Å²) in [5.74, 6) is 1.39. The van der Waals surface area contributed by atoms with Gasteiger partial charge in [0.1, 0.15) is 5.82 Å². The van der Waals surface area contributed by atoms with Crippen LogP contribution in [0.4, 0.5) is 10.1 Å². The van der Waals surface area contributed by atoms with Crippen molar-refractivity contribution in [2.45, 2.75) is 0 Å². The van der Waals surface area contributed by atoms with Gasteiger partial charge in [0.05, 0.1) is 5.69 Å². The van der Waals surface area contributed by atoms with Crippen LogP contribution in [0.3, 0.4) is 0 Å². The number of rotatable bonds is 5. The predicted octanol–water partition coefficient (Wildman–Crippen LogP) is 3.69. The van der Waals surface area contributed by atoms with E-state index in [2.05, 4.69) is 16.2 Å². The molecule has 0 bridgehead atoms. The molecule has 0 saturated carbocycles. The van der Waals surface area contributed by atoms with Crippen molar-refractivity contribution >= 4 is 23.5 Å². The first-order valence-electron chi connectivity index (χ1n) is 8.35. The highest BCUT2D eigenvalue weighted by Crippen LogP contribution is 2.17. The molecule has 1 N–H and O–H groups in total. The number of aryl methyl sites for hydroxylation is 1. The molecule has 0 spiro atoms. The number of benzene rings is 2. The van der Waals surface area contributed by atoms with Crippen LogP contribution in [-0.2, 0) is 7.05 Å². The molecule has 0 aliphatic heterocycles. The molecule has 0 atom stereocenters. The van der Waals surface area contributed by atoms with E-state index in [4.69, 9.17) is 6.42 Å². The maximum Gasteiger partial charge on any atom is 0.255 e. The number of carbonyl (C=O) groups is 2. The Labute approximate surface area is 161 Å². The maximum atomic E-state index is 13.9. The first-order valence-corrected chi connectivity index (χ1v) is 8.35. The summed E-state index contributed by atoms with van der Waals surface area (Å²) in [7, 11) is 1.74. The number of amides is 1. The minimum absolute atomic E-state index is 0.0497. The van der Waals surface area contributed by atoms with Crippen LogP contribution < -0.4 is 5.32 Å². The summed E-state index contributed by atoms with van der Waals surface area (Å²) >= 11 is 0. The van der Waals surface area contributed by atoms with Crippen molar-refractivity contribution in [2.24, 2.45) is 7.05 Å². The Balaban J connectivity index is 1.68. The van der Waals surface area contributed by atoms with E-state index in [0.717, 1.165) is 5.56 Å². The molecule has 3 rings (SSSR count). The van der Waals surface area contributed by atoms with Gasteiger partial charge in [-0.05, 0) is 42.0 Å². The van der Waals surface area contributed by atoms with Crippen molar-refractivity contribution in [1.29, 1.82) is 0 Å². The molecule has 6 heteroatoms. The average molecular weight is 373 g/mol. The van der Waals surface area contributed by atoms with Crippen LogP contribution in [0.25, 0.3) is 6.08 Å². The van der Waals surface area contributed by atoms with Crippen LogP contribution in [-0.4, -0.2) is 21.2 Å². The van der Waals surface area contributed by atoms with E-state index in [1.807, 2.05) is 0 Å². The second-order valence-corrected chi connectivity index (χ2v) is 5.97. The normalized spacial score (nSPS) is 10.6. The van der Waals surface area contributed by atoms with Gasteiger partial charge in [0.25, 0.3) is 5.91 Å². The monoisotopic (exact) mass is 373 g/mol. The van der Waals surface area contributed by atoms with Crippen molar-refractivity contribution in [3.8, 4) is 12.3 Å². The lowest BCUT2D eigenvalue weighted by Gasteiger charge is -2.07. The first kappa shape index (κ1) is 18.8. The number of carbonyl (C=O) groups excluding carboxylic acids is 2. The Morgan fingerprint density at radius 1 is 1.21 bits per heavy atom. The van der Waals surface area contributed by atoms with Gasteiger partial charge in [-0.3, -0.25) is 9.59 Å². The lowest BCUT2D eigenvalue weighted by atomic mass is 10.1. The third-order valence-electron chi connectivity index (χ3n) is 4.03. The summed E-state index contributed by atoms with van der Waals surface area (Å²) in [6.07, 6.45) is 11.5. The highest BCUT2D eigenvalue weighted by Gasteiger charge is 2.10. The fraction of sp³-hybridized carbons (Fsp3) is 0.0455. The SMILES string of the molecule is C#Cc1ccc(NC(=O)c2ccc(/C=C/C(=O)c3nccn3C)cc2)c(F)c1. The number of ketones is 1. The van der Waals surface area contributed by atoms with Crippen molar-refractivity contribution in [3.63, 3.8) is 0 Å². The number of nitrogens with one attached hydrogen (secondary N) is 1. The van der Waals surface area contributed by atoms with Gasteiger partial charge in [-0.2, -0.15) is 0 Å². The summed E-state index contributed by atoms with van der Waals surface area (Å²) in [6, 6.07) is 10.7. The van der Waals surface area contributed by atoms with E-state index < -0.39 is 11.7 Å². The Morgan fingerprint density at radius 2 is 1.96 bits per heavy atom. The molecule has 5 nitrogen and oxygen atoms in total. The Kier molecular flexibility index (Phi) is 5.47. The number of nitrogens with zero attached hydrogens (tertiary/aromatic N) is 2. The van der Waals surface area contributed by atoms with Crippen LogP contribution in [0.1, 0.15) is 32.1 Å². The average Bonchev–Trinajstić information content (AvgIpc) is 3.14. The van der Waals surface area contributed by atoms with Gasteiger partial charge in [0.15, 0.2) is 5.82 Å². The van der Waals surface area contributed by atoms with E-state index in [-0.39, 0.29) is 11.5 Å². The zero-order chi connectivity index (χ0) is 20.1. The van der Waals surface area contributed by atoms with Gasteiger partial charge in [0.2, 0.25) is 5.78 Å². The molecule has 1 heterocycles. The molecule has 3 aromatic rings. The third-order valence-corrected chi connectivity index (χ3v) is 4.03. The summed E-state index contributed by atoms with van der Waals surface area (Å²) < 4.78 is 15.6. The summed E-state index contributed by atoms with van der Waals surface area (Å²) in [5.41, 5.74) is 1.54. The molecule has 0 unspecified atom stereocenters. The number of halogens is 1. The number of anilines is 1. The van der Waals surface area contributed by atoms with E-state index >= 15 is 0 Å². The maximum absolute atomic E-state index is 13.9. The van der Waals surface area contributed by atoms with Gasteiger partial charge in [-0.1, -0.05) is 24.1 Å². The standard InChI is InChI=1S/C22H16FN3O2/c1-3-15-6-10-19(18(23)14-15)25-22(28)17-8-4-16(5-9-17)7-11-20(27)21-24-12-13-26(21)2/h1,4-14H,2H3,(H,25,28)/b11-7+. The molecule has 0 radical (unpaired) electrons. The van der Waals surface area contributed by atoms with Gasteiger partial charge in [-0.15, -0.1) is 6.42 Å². The van der Waals surface area contributed by atoms with E-state index in [1.54, 1.807) is 60.4 Å². The minimum atomic E-state index is -0.601. The van der Waals surface area contributed by atoms with Crippen molar-refractivity contribution < 1.29 is 14.0 Å². The Bertz CT molecular complexity index is 1110. The molecule has 0 saturated heterocycles. The molecule has 0 fully saturated rings. The predicted molar refractivity (Wildman–Crippen MR) is 105 cm³/mol. The van der Waals surface area contributed by atoms with E-state index in [1.165, 1.54) is 18.2 Å². The fourth-order valence-corrected chi connectivity index (χ4v) is 2.50. The number of hydrogen-bond donors (Lipinski definition) is 1. The summed E-state index contributed by atoms with van der Waals surface area (Å²) in [4.78, 5) is 28.4. The van der Waals surface area contributed by atoms with Crippen molar-refractivity contribution in [3.05, 3.63) is 89.3 Å². The molecule has 0 aliphatic carbocycles. The second-order valence-electron chi connectivity index (χ2n) is 5.97. The highest BCUT2D eigenvalue weighted by atomic mass is 19.1. The molecule has 0 aliphatic rings. The topological polar surface area (TPSA) is 64.0 Å². The molecular weight excluding hydrogens is 357 g/mol. The molecule has 28 heavy (non-hydrogen) atoms. The minimum Gasteiger partial charge on any atom is -0.331 e. The molecule has 1 amide bonds. The second kappa shape index (κ2) is 8.14. The van der Waals surface area contributed by atoms with Gasteiger partial charge < -0.3 is 9.88 Å². The fourth-order valence-electron chi connectivity index (χ4n) is 2.50. The Hall–Kier alpha value is -3.98. The molecule has 2 aromatic carbocycles. The van der Waals surface area contributed by atoms with E-state index in [9.17, 15) is 14.0 Å². The number of imidazole rings is 1. The zero-order valence-corrected chi connectivity index (χ0v) is 15.0. The van der Waals surface area contributed by atoms with Gasteiger partial charge in [-0.25, -0.2) is 9.37 Å². The largest absolute Gasteiger partial charge is 0.331 e. The van der Waals surface area contributed by atoms with Crippen molar-refractivity contribution in [1.82, 2.24) is 9.55 Å². The highest BCUT2D eigenvalue weighted by molar-refractivity contribution is 6.05. The van der Waals surface area contributed by atoms with Gasteiger partial charge in [0, 0.05) is 30.6 Å². The lowest BCUT2D eigenvalue weighted by molar-refractivity contribution is 0.102. The Morgan fingerprint density at radius 3 is 2.57 bits per heavy atom. The molecular formula is C22H16FN3O2. The molecule has 138 valence electrons. The van der Waals surface area contributed by atoms with E-state index in [0.29, 0.717) is 17.0 Å². The van der Waals surface area contributed by atoms with Crippen LogP contribution in [0.15, 0.2) is 60.9 Å². The number of allylic oxidation sites excluding steroid dienone is 1. The molecule has 1 aromatic heterocycles. The number of aromatic nitrogens is 2. The number of terminal acetylenes is 1. The van der Waals surface area contributed by atoms with Crippen LogP contribution in [0.5, 0.6) is 0 Å². The number of hydrogen-bond acceptors (Lipinski definition) is 3. The zero-order valence-electron chi connectivity index (χ0n) is 15.0. The summed E-state index contributed by atoms with van der Waals surface area (Å²) in [6.45, 7) is 0.